The Hall–Kier alpha value is -3.29. The molecule has 3 atom stereocenters. The number of carbonyl (C=O) groups excluding carboxylic acids is 3. The normalized spacial score (nSPS) is 20.4. The number of likely N-dealkylation sites (tertiary alicyclic amines) is 1. The third-order valence-corrected chi connectivity index (χ3v) is 8.81. The monoisotopic (exact) mass is 579 g/mol. The minimum absolute atomic E-state index is 0.0160. The average molecular weight is 580 g/mol. The number of aliphatic hydroxyl groups is 1. The van der Waals surface area contributed by atoms with E-state index in [4.69, 9.17) is 6.57 Å². The zero-order valence-corrected chi connectivity index (χ0v) is 25.6. The summed E-state index contributed by atoms with van der Waals surface area (Å²) in [6, 6.07) is 4.53. The zero-order valence-electron chi connectivity index (χ0n) is 24.8. The van der Waals surface area contributed by atoms with Crippen LogP contribution in [-0.4, -0.2) is 63.0 Å². The van der Waals surface area contributed by atoms with Crippen molar-refractivity contribution >= 4 is 29.1 Å². The Kier molecular flexibility index (Phi) is 8.90. The summed E-state index contributed by atoms with van der Waals surface area (Å²) in [6.45, 7) is 19.8. The minimum Gasteiger partial charge on any atom is -0.391 e. The van der Waals surface area contributed by atoms with Gasteiger partial charge in [-0.05, 0) is 47.4 Å². The first-order valence-corrected chi connectivity index (χ1v) is 15.1. The Morgan fingerprint density at radius 3 is 2.51 bits per heavy atom. The molecule has 1 saturated heterocycles. The van der Waals surface area contributed by atoms with Crippen LogP contribution in [0.2, 0.25) is 0 Å². The number of nitrogens with zero attached hydrogens (tertiary/aromatic N) is 3. The van der Waals surface area contributed by atoms with Crippen molar-refractivity contribution in [2.24, 2.45) is 11.3 Å². The van der Waals surface area contributed by atoms with Crippen LogP contribution in [-0.2, 0) is 27.3 Å². The van der Waals surface area contributed by atoms with Crippen molar-refractivity contribution in [2.75, 3.05) is 6.54 Å². The van der Waals surface area contributed by atoms with Gasteiger partial charge < -0.3 is 20.6 Å². The molecule has 1 aromatic heterocycles. The highest BCUT2D eigenvalue weighted by Gasteiger charge is 2.59. The first-order valence-electron chi connectivity index (χ1n) is 14.2. The van der Waals surface area contributed by atoms with Gasteiger partial charge in [-0.25, -0.2) is 11.6 Å². The summed E-state index contributed by atoms with van der Waals surface area (Å²) in [5, 5.41) is 16.2. The molecular formula is C31H41N5O4S. The number of benzene rings is 1. The van der Waals surface area contributed by atoms with Crippen LogP contribution >= 0.6 is 11.3 Å². The molecule has 4 rings (SSSR count). The molecule has 10 heteroatoms. The van der Waals surface area contributed by atoms with Crippen molar-refractivity contribution in [1.29, 1.82) is 0 Å². The Morgan fingerprint density at radius 2 is 1.95 bits per heavy atom. The standard InChI is InChI=1S/C31H41N5O4S/c1-18(2)25(35-29(40)31(32-7)10-11-31)28(39)36-16-23(37)13-24(36)27(38)33-15-21-9-8-20(26-19(3)34-17-41-26)12-22(21)14-30(4,5)6/h8-9,12,17-18,23-25,37H,10-11,13-16H2,1-6H3,(H,33,38)(H,35,40)/t23-,24+,25+/m1/s1. The molecule has 41 heavy (non-hydrogen) atoms. The second-order valence-electron chi connectivity index (χ2n) is 12.9. The average Bonchev–Trinajstić information content (AvgIpc) is 3.44. The number of rotatable bonds is 9. The molecule has 2 fully saturated rings. The topological polar surface area (TPSA) is 116 Å². The molecule has 0 bridgehead atoms. The molecule has 3 amide bonds. The van der Waals surface area contributed by atoms with Gasteiger partial charge in [-0.15, -0.1) is 11.3 Å². The number of aliphatic hydroxyl groups excluding tert-OH is 1. The summed E-state index contributed by atoms with van der Waals surface area (Å²) in [4.78, 5) is 50.2. The summed E-state index contributed by atoms with van der Waals surface area (Å²) in [6.07, 6.45) is 1.07. The molecule has 2 heterocycles. The van der Waals surface area contributed by atoms with Crippen LogP contribution in [0.25, 0.3) is 15.3 Å². The lowest BCUT2D eigenvalue weighted by Gasteiger charge is -2.30. The van der Waals surface area contributed by atoms with Gasteiger partial charge in [0.1, 0.15) is 12.1 Å². The molecule has 9 nitrogen and oxygen atoms in total. The Morgan fingerprint density at radius 1 is 1.24 bits per heavy atom. The third-order valence-electron chi connectivity index (χ3n) is 7.83. The molecule has 1 aliphatic heterocycles. The molecule has 0 unspecified atom stereocenters. The SMILES string of the molecule is [C-]#[N+]C1(C(=O)N[C@H](C(=O)N2C[C@H](O)C[C@H]2C(=O)NCc2ccc(-c3scnc3C)cc2CC(C)(C)C)C(C)C)CC1. The van der Waals surface area contributed by atoms with E-state index in [2.05, 4.69) is 53.4 Å². The fourth-order valence-electron chi connectivity index (χ4n) is 5.34. The number of hydrogen-bond acceptors (Lipinski definition) is 6. The van der Waals surface area contributed by atoms with Crippen molar-refractivity contribution in [3.8, 4) is 10.4 Å². The number of hydrogen-bond donors (Lipinski definition) is 3. The lowest BCUT2D eigenvalue weighted by Crippen LogP contribution is -2.56. The summed E-state index contributed by atoms with van der Waals surface area (Å²) in [5.41, 5.74) is 5.02. The van der Waals surface area contributed by atoms with Crippen molar-refractivity contribution < 1.29 is 19.5 Å². The summed E-state index contributed by atoms with van der Waals surface area (Å²) >= 11 is 1.60. The smallest absolute Gasteiger partial charge is 0.309 e. The van der Waals surface area contributed by atoms with Gasteiger partial charge in [0.2, 0.25) is 11.8 Å². The Labute approximate surface area is 246 Å². The van der Waals surface area contributed by atoms with Crippen LogP contribution in [0.3, 0.4) is 0 Å². The quantitative estimate of drug-likeness (QED) is 0.390. The van der Waals surface area contributed by atoms with Crippen molar-refractivity contribution in [1.82, 2.24) is 20.5 Å². The number of nitrogens with one attached hydrogen (secondary N) is 2. The predicted molar refractivity (Wildman–Crippen MR) is 159 cm³/mol. The van der Waals surface area contributed by atoms with E-state index in [1.807, 2.05) is 32.3 Å². The Balaban J connectivity index is 1.49. The van der Waals surface area contributed by atoms with Crippen molar-refractivity contribution in [2.45, 2.75) is 97.5 Å². The summed E-state index contributed by atoms with van der Waals surface area (Å²) < 4.78 is 0. The van der Waals surface area contributed by atoms with Crippen LogP contribution in [0.4, 0.5) is 0 Å². The number of aromatic nitrogens is 1. The molecule has 2 aromatic rings. The van der Waals surface area contributed by atoms with Gasteiger partial charge in [0.25, 0.3) is 0 Å². The van der Waals surface area contributed by atoms with Crippen LogP contribution < -0.4 is 10.6 Å². The number of aryl methyl sites for hydroxylation is 1. The van der Waals surface area contributed by atoms with Gasteiger partial charge in [-0.2, -0.15) is 0 Å². The lowest BCUT2D eigenvalue weighted by atomic mass is 9.85. The maximum atomic E-state index is 13.6. The van der Waals surface area contributed by atoms with E-state index in [0.29, 0.717) is 19.4 Å². The highest BCUT2D eigenvalue weighted by atomic mass is 32.1. The molecule has 3 N–H and O–H groups in total. The van der Waals surface area contributed by atoms with Crippen molar-refractivity contribution in [3.05, 3.63) is 51.9 Å². The highest BCUT2D eigenvalue weighted by molar-refractivity contribution is 7.13. The first kappa shape index (κ1) is 30.7. The largest absolute Gasteiger partial charge is 0.391 e. The van der Waals surface area contributed by atoms with Crippen LogP contribution in [0.5, 0.6) is 0 Å². The number of β-amino-alcohol motifs (C(OH)–C–C–N with tert-alkyl or cyclic N) is 1. The lowest BCUT2D eigenvalue weighted by molar-refractivity contribution is -0.142. The first-order chi connectivity index (χ1) is 19.2. The van der Waals surface area contributed by atoms with E-state index >= 15 is 0 Å². The maximum absolute atomic E-state index is 13.6. The second-order valence-corrected chi connectivity index (χ2v) is 13.8. The molecule has 0 spiro atoms. The molecule has 2 aliphatic rings. The zero-order chi connectivity index (χ0) is 30.1. The molecule has 0 radical (unpaired) electrons. The summed E-state index contributed by atoms with van der Waals surface area (Å²) in [7, 11) is 0. The van der Waals surface area contributed by atoms with Gasteiger partial charge in [0, 0.05) is 32.4 Å². The molecule has 1 aliphatic carbocycles. The number of amides is 3. The third kappa shape index (κ3) is 6.96. The van der Waals surface area contributed by atoms with Crippen molar-refractivity contribution in [3.63, 3.8) is 0 Å². The number of carbonyl (C=O) groups is 3. The molecule has 220 valence electrons. The van der Waals surface area contributed by atoms with E-state index in [-0.39, 0.29) is 30.2 Å². The predicted octanol–water partition coefficient (Wildman–Crippen LogP) is 3.88. The molecule has 1 saturated carbocycles. The second kappa shape index (κ2) is 11.9. The minimum atomic E-state index is -1.08. The van der Waals surface area contributed by atoms with Gasteiger partial charge in [-0.3, -0.25) is 19.2 Å². The van der Waals surface area contributed by atoms with Crippen LogP contribution in [0.1, 0.15) is 70.7 Å². The van der Waals surface area contributed by atoms with E-state index in [1.165, 1.54) is 4.90 Å². The fourth-order valence-corrected chi connectivity index (χ4v) is 6.14. The van der Waals surface area contributed by atoms with Gasteiger partial charge in [0.15, 0.2) is 0 Å². The fraction of sp³-hybridized carbons (Fsp3) is 0.581. The number of thiazole rings is 1. The maximum Gasteiger partial charge on any atom is 0.309 e. The van der Waals surface area contributed by atoms with E-state index in [0.717, 1.165) is 33.7 Å². The van der Waals surface area contributed by atoms with Gasteiger partial charge in [-0.1, -0.05) is 46.8 Å². The Bertz CT molecular complexity index is 1350. The molecular weight excluding hydrogens is 538 g/mol. The van der Waals surface area contributed by atoms with Gasteiger partial charge in [0.05, 0.1) is 22.2 Å². The van der Waals surface area contributed by atoms with Gasteiger partial charge >= 0.3 is 11.4 Å². The van der Waals surface area contributed by atoms with Crippen LogP contribution in [0, 0.1) is 24.8 Å². The van der Waals surface area contributed by atoms with E-state index < -0.39 is 35.5 Å². The van der Waals surface area contributed by atoms with E-state index in [1.54, 1.807) is 11.3 Å². The van der Waals surface area contributed by atoms with Crippen LogP contribution in [0.15, 0.2) is 23.7 Å². The van der Waals surface area contributed by atoms with E-state index in [9.17, 15) is 19.5 Å². The summed E-state index contributed by atoms with van der Waals surface area (Å²) in [5.74, 6) is -1.45. The molecule has 1 aromatic carbocycles. The highest BCUT2D eigenvalue weighted by Crippen LogP contribution is 2.40.